The number of rotatable bonds is 3. The van der Waals surface area contributed by atoms with Gasteiger partial charge in [-0.3, -0.25) is 0 Å². The second kappa shape index (κ2) is 6.94. The Kier molecular flexibility index (Phi) is 4.14. The molecule has 0 radical (unpaired) electrons. The van der Waals surface area contributed by atoms with Gasteiger partial charge in [0.1, 0.15) is 0 Å². The molecule has 0 fully saturated rings. The number of fused-ring (bicyclic) bond motifs is 8. The van der Waals surface area contributed by atoms with E-state index in [1.807, 2.05) is 30.4 Å². The van der Waals surface area contributed by atoms with Crippen molar-refractivity contribution in [2.24, 2.45) is 0 Å². The van der Waals surface area contributed by atoms with Crippen molar-refractivity contribution in [1.29, 1.82) is 0 Å². The van der Waals surface area contributed by atoms with Crippen LogP contribution in [0.3, 0.4) is 0 Å². The quantitative estimate of drug-likeness (QED) is 0.479. The minimum Gasteiger partial charge on any atom is -0.384 e. The third-order valence-corrected chi connectivity index (χ3v) is 4.88. The van der Waals surface area contributed by atoms with E-state index in [0.29, 0.717) is 6.61 Å². The van der Waals surface area contributed by atoms with Crippen LogP contribution >= 0.6 is 0 Å². The molecule has 3 aromatic heterocycles. The van der Waals surface area contributed by atoms with Gasteiger partial charge in [-0.2, -0.15) is 0 Å². The van der Waals surface area contributed by atoms with Crippen molar-refractivity contribution in [1.82, 2.24) is 19.9 Å². The van der Waals surface area contributed by atoms with Crippen molar-refractivity contribution in [3.05, 3.63) is 70.8 Å². The van der Waals surface area contributed by atoms with E-state index in [9.17, 15) is 0 Å². The molecule has 28 heavy (non-hydrogen) atoms. The number of aromatic nitrogens is 4. The van der Waals surface area contributed by atoms with Crippen LogP contribution in [0, 0.1) is 0 Å². The summed E-state index contributed by atoms with van der Waals surface area (Å²) < 4.78 is 5.32. The number of nitrogens with one attached hydrogen (secondary N) is 2. The van der Waals surface area contributed by atoms with Crippen molar-refractivity contribution in [2.75, 3.05) is 13.7 Å². The lowest BCUT2D eigenvalue weighted by Crippen LogP contribution is -1.97. The Bertz CT molecular complexity index is 1260. The van der Waals surface area contributed by atoms with Gasteiger partial charge in [-0.05, 0) is 73.2 Å². The number of hydrogen-bond donors (Lipinski definition) is 2. The number of H-pyrrole nitrogens is 2. The zero-order chi connectivity index (χ0) is 18.9. The Morgan fingerprint density at radius 3 is 2.29 bits per heavy atom. The van der Waals surface area contributed by atoms with Gasteiger partial charge in [0.2, 0.25) is 0 Å². The molecule has 0 unspecified atom stereocenters. The molecule has 0 amide bonds. The topological polar surface area (TPSA) is 66.6 Å². The summed E-state index contributed by atoms with van der Waals surface area (Å²) in [5.41, 5.74) is 9.00. The monoisotopic (exact) mass is 368 g/mol. The van der Waals surface area contributed by atoms with E-state index < -0.39 is 0 Å². The molecule has 5 rings (SSSR count). The molecule has 2 aliphatic heterocycles. The Hall–Kier alpha value is -3.44. The van der Waals surface area contributed by atoms with Crippen LogP contribution < -0.4 is 0 Å². The number of methoxy groups -OCH3 is 1. The largest absolute Gasteiger partial charge is 0.384 e. The van der Waals surface area contributed by atoms with Gasteiger partial charge in [0.15, 0.2) is 0 Å². The second-order valence-electron chi connectivity index (χ2n) is 6.90. The van der Waals surface area contributed by atoms with Crippen LogP contribution in [-0.4, -0.2) is 33.7 Å². The smallest absolute Gasteiger partial charge is 0.0691 e. The zero-order valence-corrected chi connectivity index (χ0v) is 15.6. The summed E-state index contributed by atoms with van der Waals surface area (Å²) >= 11 is 0. The second-order valence-corrected chi connectivity index (χ2v) is 6.90. The van der Waals surface area contributed by atoms with Gasteiger partial charge < -0.3 is 14.7 Å². The van der Waals surface area contributed by atoms with E-state index in [0.717, 1.165) is 56.8 Å². The predicted octanol–water partition coefficient (Wildman–Crippen LogP) is 4.84. The van der Waals surface area contributed by atoms with Gasteiger partial charge >= 0.3 is 0 Å². The average molecular weight is 368 g/mol. The molecule has 2 N–H and O–H groups in total. The molecule has 0 aromatic carbocycles. The first-order valence-corrected chi connectivity index (χ1v) is 9.32. The first kappa shape index (κ1) is 16.7. The van der Waals surface area contributed by atoms with E-state index in [1.165, 1.54) is 0 Å². The maximum Gasteiger partial charge on any atom is 0.0691 e. The molecule has 5 nitrogen and oxygen atoms in total. The standard InChI is InChI=1S/C23H20N4O/c1-28-11-10-21-22-8-6-19(26-22)13-17-4-2-15(24-17)12-16-3-5-18(25-16)14-20-7-9-23(21)27-20/h2-9,12-14,24,26H,10-11H2,1H3. The molecular formula is C23H20N4O. The van der Waals surface area contributed by atoms with Gasteiger partial charge in [-0.25, -0.2) is 9.97 Å². The van der Waals surface area contributed by atoms with Crippen LogP contribution in [0.2, 0.25) is 0 Å². The lowest BCUT2D eigenvalue weighted by atomic mass is 10.1. The summed E-state index contributed by atoms with van der Waals surface area (Å²) in [7, 11) is 1.72. The van der Waals surface area contributed by atoms with Gasteiger partial charge in [0.25, 0.3) is 0 Å². The molecule has 0 saturated carbocycles. The van der Waals surface area contributed by atoms with Gasteiger partial charge in [0, 0.05) is 34.7 Å². The maximum atomic E-state index is 5.32. The molecule has 0 spiro atoms. The van der Waals surface area contributed by atoms with Crippen LogP contribution in [0.4, 0.5) is 0 Å². The predicted molar refractivity (Wildman–Crippen MR) is 114 cm³/mol. The van der Waals surface area contributed by atoms with Crippen molar-refractivity contribution < 1.29 is 4.74 Å². The molecular weight excluding hydrogens is 348 g/mol. The van der Waals surface area contributed by atoms with Crippen molar-refractivity contribution >= 4 is 46.4 Å². The lowest BCUT2D eigenvalue weighted by Gasteiger charge is -2.02. The van der Waals surface area contributed by atoms with Gasteiger partial charge in [-0.15, -0.1) is 0 Å². The van der Waals surface area contributed by atoms with Crippen molar-refractivity contribution in [3.8, 4) is 0 Å². The highest BCUT2D eigenvalue weighted by atomic mass is 16.5. The third-order valence-electron chi connectivity index (χ3n) is 4.88. The zero-order valence-electron chi connectivity index (χ0n) is 15.6. The number of hydrogen-bond acceptors (Lipinski definition) is 3. The summed E-state index contributed by atoms with van der Waals surface area (Å²) in [6, 6.07) is 14.5. The first-order valence-electron chi connectivity index (χ1n) is 9.32. The highest BCUT2D eigenvalue weighted by Crippen LogP contribution is 2.21. The fourth-order valence-electron chi connectivity index (χ4n) is 3.53. The molecule has 2 aliphatic rings. The Morgan fingerprint density at radius 1 is 0.750 bits per heavy atom. The van der Waals surface area contributed by atoms with Crippen molar-refractivity contribution in [2.45, 2.75) is 6.42 Å². The molecule has 5 heteroatoms. The molecule has 3 aromatic rings. The first-order chi connectivity index (χ1) is 13.8. The van der Waals surface area contributed by atoms with Gasteiger partial charge in [-0.1, -0.05) is 0 Å². The minimum atomic E-state index is 0.642. The molecule has 0 aliphatic carbocycles. The molecule has 5 heterocycles. The van der Waals surface area contributed by atoms with Crippen LogP contribution in [-0.2, 0) is 11.2 Å². The molecule has 138 valence electrons. The lowest BCUT2D eigenvalue weighted by molar-refractivity contribution is 0.202. The summed E-state index contributed by atoms with van der Waals surface area (Å²) in [4.78, 5) is 16.4. The van der Waals surface area contributed by atoms with E-state index in [-0.39, 0.29) is 0 Å². The number of nitrogens with zero attached hydrogens (tertiary/aromatic N) is 2. The average Bonchev–Trinajstić information content (AvgIpc) is 3.46. The van der Waals surface area contributed by atoms with E-state index in [1.54, 1.807) is 7.11 Å². The van der Waals surface area contributed by atoms with Gasteiger partial charge in [0.05, 0.1) is 29.4 Å². The number of aromatic amines is 2. The fraction of sp³-hybridized carbons (Fsp3) is 0.130. The van der Waals surface area contributed by atoms with Crippen molar-refractivity contribution in [3.63, 3.8) is 0 Å². The van der Waals surface area contributed by atoms with E-state index in [4.69, 9.17) is 9.72 Å². The summed E-state index contributed by atoms with van der Waals surface area (Å²) in [6.07, 6.45) is 8.91. The van der Waals surface area contributed by atoms with Crippen LogP contribution in [0.15, 0.2) is 42.5 Å². The summed E-state index contributed by atoms with van der Waals surface area (Å²) in [5, 5.41) is 0. The summed E-state index contributed by atoms with van der Waals surface area (Å²) in [6.45, 7) is 0.642. The van der Waals surface area contributed by atoms with Crippen LogP contribution in [0.25, 0.3) is 46.4 Å². The third kappa shape index (κ3) is 3.28. The van der Waals surface area contributed by atoms with E-state index >= 15 is 0 Å². The van der Waals surface area contributed by atoms with Crippen LogP contribution in [0.5, 0.6) is 0 Å². The molecule has 0 atom stereocenters. The Labute approximate surface area is 162 Å². The van der Waals surface area contributed by atoms with E-state index in [2.05, 4.69) is 51.4 Å². The Balaban J connectivity index is 1.82. The number of ether oxygens (including phenoxy) is 1. The normalized spacial score (nSPS) is 12.6. The molecule has 0 saturated heterocycles. The molecule has 8 bridgehead atoms. The SMILES string of the molecule is COCCc1c2nc(cc3nc(cc4ccc(cc5ccc1[nH]5)[nH]4)C=C3)C=C2. The minimum absolute atomic E-state index is 0.642. The summed E-state index contributed by atoms with van der Waals surface area (Å²) in [5.74, 6) is 0. The van der Waals surface area contributed by atoms with Crippen LogP contribution in [0.1, 0.15) is 28.3 Å². The Morgan fingerprint density at radius 2 is 1.43 bits per heavy atom. The fourth-order valence-corrected chi connectivity index (χ4v) is 3.53. The highest BCUT2D eigenvalue weighted by Gasteiger charge is 2.08. The maximum absolute atomic E-state index is 5.32. The highest BCUT2D eigenvalue weighted by molar-refractivity contribution is 5.79.